The summed E-state index contributed by atoms with van der Waals surface area (Å²) in [5.41, 5.74) is 4.56. The zero-order valence-corrected chi connectivity index (χ0v) is 11.5. The molecule has 0 bridgehead atoms. The molecule has 0 spiro atoms. The lowest BCUT2D eigenvalue weighted by Crippen LogP contribution is -1.94. The van der Waals surface area contributed by atoms with Gasteiger partial charge >= 0.3 is 0 Å². The Morgan fingerprint density at radius 3 is 1.76 bits per heavy atom. The SMILES string of the molecule is C=CCCCc1cc(CCC)cc(CCC)c1. The van der Waals surface area contributed by atoms with Gasteiger partial charge in [-0.1, -0.05) is 51.0 Å². The molecule has 1 aromatic carbocycles. The molecule has 0 unspecified atom stereocenters. The lowest BCUT2D eigenvalue weighted by Gasteiger charge is -2.08. The number of rotatable bonds is 8. The van der Waals surface area contributed by atoms with Gasteiger partial charge in [0.2, 0.25) is 0 Å². The Balaban J connectivity index is 2.75. The first-order valence-electron chi connectivity index (χ1n) is 7.02. The third-order valence-electron chi connectivity index (χ3n) is 3.06. The maximum absolute atomic E-state index is 3.79. The summed E-state index contributed by atoms with van der Waals surface area (Å²) in [6, 6.07) is 7.18. The van der Waals surface area contributed by atoms with Gasteiger partial charge in [-0.05, 0) is 48.8 Å². The van der Waals surface area contributed by atoms with Crippen molar-refractivity contribution in [3.05, 3.63) is 47.5 Å². The van der Waals surface area contributed by atoms with Crippen LogP contribution in [0.25, 0.3) is 0 Å². The molecule has 0 N–H and O–H groups in total. The van der Waals surface area contributed by atoms with Gasteiger partial charge in [-0.25, -0.2) is 0 Å². The topological polar surface area (TPSA) is 0 Å². The zero-order valence-electron chi connectivity index (χ0n) is 11.5. The first kappa shape index (κ1) is 14.0. The zero-order chi connectivity index (χ0) is 12.5. The second kappa shape index (κ2) is 8.11. The van der Waals surface area contributed by atoms with Gasteiger partial charge in [0.05, 0.1) is 0 Å². The number of benzene rings is 1. The maximum Gasteiger partial charge on any atom is -0.0276 e. The highest BCUT2D eigenvalue weighted by atomic mass is 14.1. The van der Waals surface area contributed by atoms with Crippen molar-refractivity contribution in [2.24, 2.45) is 0 Å². The molecule has 0 nitrogen and oxygen atoms in total. The molecule has 0 aliphatic rings. The molecular formula is C17H26. The van der Waals surface area contributed by atoms with Crippen LogP contribution in [-0.2, 0) is 19.3 Å². The first-order valence-corrected chi connectivity index (χ1v) is 7.02. The van der Waals surface area contributed by atoms with Crippen LogP contribution in [0.4, 0.5) is 0 Å². The Morgan fingerprint density at radius 2 is 1.35 bits per heavy atom. The quantitative estimate of drug-likeness (QED) is 0.430. The van der Waals surface area contributed by atoms with Crippen LogP contribution in [0.3, 0.4) is 0 Å². The van der Waals surface area contributed by atoms with E-state index >= 15 is 0 Å². The largest absolute Gasteiger partial charge is 0.103 e. The average molecular weight is 230 g/mol. The normalized spacial score (nSPS) is 10.5. The molecule has 0 fully saturated rings. The van der Waals surface area contributed by atoms with E-state index < -0.39 is 0 Å². The van der Waals surface area contributed by atoms with E-state index in [0.717, 1.165) is 6.42 Å². The maximum atomic E-state index is 3.79. The second-order valence-corrected chi connectivity index (χ2v) is 4.84. The summed E-state index contributed by atoms with van der Waals surface area (Å²) < 4.78 is 0. The highest BCUT2D eigenvalue weighted by Gasteiger charge is 2.00. The molecule has 1 rings (SSSR count). The molecule has 0 heteroatoms. The smallest absolute Gasteiger partial charge is 0.0276 e. The Kier molecular flexibility index (Phi) is 6.69. The van der Waals surface area contributed by atoms with E-state index in [0.29, 0.717) is 0 Å². The Hall–Kier alpha value is -1.04. The monoisotopic (exact) mass is 230 g/mol. The molecule has 94 valence electrons. The highest BCUT2D eigenvalue weighted by molar-refractivity contribution is 5.30. The van der Waals surface area contributed by atoms with Crippen LogP contribution in [0.1, 0.15) is 56.2 Å². The summed E-state index contributed by atoms with van der Waals surface area (Å²) in [7, 11) is 0. The van der Waals surface area contributed by atoms with Crippen LogP contribution in [-0.4, -0.2) is 0 Å². The molecule has 0 amide bonds. The Bertz CT molecular complexity index is 312. The van der Waals surface area contributed by atoms with Crippen LogP contribution in [0.5, 0.6) is 0 Å². The van der Waals surface area contributed by atoms with E-state index in [1.807, 2.05) is 6.08 Å². The fourth-order valence-corrected chi connectivity index (χ4v) is 2.30. The summed E-state index contributed by atoms with van der Waals surface area (Å²) in [5.74, 6) is 0. The number of allylic oxidation sites excluding steroid dienone is 1. The molecular weight excluding hydrogens is 204 g/mol. The van der Waals surface area contributed by atoms with Crippen molar-refractivity contribution in [3.8, 4) is 0 Å². The van der Waals surface area contributed by atoms with Gasteiger partial charge in [0, 0.05) is 0 Å². The Labute approximate surface area is 107 Å². The lowest BCUT2D eigenvalue weighted by molar-refractivity contribution is 0.830. The van der Waals surface area contributed by atoms with Crippen molar-refractivity contribution >= 4 is 0 Å². The molecule has 0 aromatic heterocycles. The third-order valence-corrected chi connectivity index (χ3v) is 3.06. The number of unbranched alkanes of at least 4 members (excludes halogenated alkanes) is 1. The van der Waals surface area contributed by atoms with E-state index in [1.165, 1.54) is 55.2 Å². The molecule has 17 heavy (non-hydrogen) atoms. The molecule has 0 heterocycles. The van der Waals surface area contributed by atoms with Gasteiger partial charge in [-0.15, -0.1) is 6.58 Å². The van der Waals surface area contributed by atoms with E-state index in [1.54, 1.807) is 0 Å². The van der Waals surface area contributed by atoms with Crippen LogP contribution in [0, 0.1) is 0 Å². The van der Waals surface area contributed by atoms with Crippen molar-refractivity contribution in [2.75, 3.05) is 0 Å². The van der Waals surface area contributed by atoms with E-state index in [2.05, 4.69) is 38.6 Å². The predicted molar refractivity (Wildman–Crippen MR) is 77.6 cm³/mol. The molecule has 0 atom stereocenters. The van der Waals surface area contributed by atoms with Gasteiger partial charge in [-0.2, -0.15) is 0 Å². The summed E-state index contributed by atoms with van der Waals surface area (Å²) in [4.78, 5) is 0. The van der Waals surface area contributed by atoms with E-state index in [-0.39, 0.29) is 0 Å². The minimum Gasteiger partial charge on any atom is -0.103 e. The predicted octanol–water partition coefficient (Wildman–Crippen LogP) is 5.10. The molecule has 0 aliphatic heterocycles. The lowest BCUT2D eigenvalue weighted by atomic mass is 9.97. The third kappa shape index (κ3) is 5.21. The minimum absolute atomic E-state index is 1.13. The summed E-state index contributed by atoms with van der Waals surface area (Å²) in [6.07, 6.45) is 10.5. The summed E-state index contributed by atoms with van der Waals surface area (Å²) >= 11 is 0. The minimum atomic E-state index is 1.13. The highest BCUT2D eigenvalue weighted by Crippen LogP contribution is 2.16. The van der Waals surface area contributed by atoms with Crippen molar-refractivity contribution in [1.29, 1.82) is 0 Å². The molecule has 0 saturated carbocycles. The second-order valence-electron chi connectivity index (χ2n) is 4.84. The van der Waals surface area contributed by atoms with E-state index in [9.17, 15) is 0 Å². The van der Waals surface area contributed by atoms with Gasteiger partial charge < -0.3 is 0 Å². The average Bonchev–Trinajstić information content (AvgIpc) is 2.30. The fourth-order valence-electron chi connectivity index (χ4n) is 2.30. The summed E-state index contributed by atoms with van der Waals surface area (Å²) in [5, 5.41) is 0. The molecule has 1 aromatic rings. The van der Waals surface area contributed by atoms with Crippen LogP contribution in [0.2, 0.25) is 0 Å². The van der Waals surface area contributed by atoms with E-state index in [4.69, 9.17) is 0 Å². The van der Waals surface area contributed by atoms with Crippen LogP contribution >= 0.6 is 0 Å². The standard InChI is InChI=1S/C17H26/c1-4-7-8-11-17-13-15(9-5-2)12-16(14-17)10-6-3/h4,12-14H,1,5-11H2,2-3H3. The number of hydrogen-bond acceptors (Lipinski definition) is 0. The first-order chi connectivity index (χ1) is 8.30. The van der Waals surface area contributed by atoms with Crippen LogP contribution < -0.4 is 0 Å². The van der Waals surface area contributed by atoms with Crippen molar-refractivity contribution < 1.29 is 0 Å². The van der Waals surface area contributed by atoms with Crippen molar-refractivity contribution in [3.63, 3.8) is 0 Å². The van der Waals surface area contributed by atoms with Gasteiger partial charge in [0.25, 0.3) is 0 Å². The van der Waals surface area contributed by atoms with Crippen molar-refractivity contribution in [1.82, 2.24) is 0 Å². The molecule has 0 radical (unpaired) electrons. The van der Waals surface area contributed by atoms with Gasteiger partial charge in [0.15, 0.2) is 0 Å². The number of aryl methyl sites for hydroxylation is 3. The Morgan fingerprint density at radius 1 is 0.882 bits per heavy atom. The van der Waals surface area contributed by atoms with Gasteiger partial charge in [0.1, 0.15) is 0 Å². The van der Waals surface area contributed by atoms with Crippen molar-refractivity contribution in [2.45, 2.75) is 58.8 Å². The number of hydrogen-bond donors (Lipinski definition) is 0. The van der Waals surface area contributed by atoms with Gasteiger partial charge in [-0.3, -0.25) is 0 Å². The van der Waals surface area contributed by atoms with Crippen LogP contribution in [0.15, 0.2) is 30.9 Å². The fraction of sp³-hybridized carbons (Fsp3) is 0.529. The molecule has 0 saturated heterocycles. The summed E-state index contributed by atoms with van der Waals surface area (Å²) in [6.45, 7) is 8.29. The molecule has 0 aliphatic carbocycles.